The van der Waals surface area contributed by atoms with Crippen molar-refractivity contribution in [1.82, 2.24) is 10.3 Å². The minimum atomic E-state index is -0.354. The third kappa shape index (κ3) is 6.01. The smallest absolute Gasteiger partial charge is 0.264 e. The number of ether oxygens (including phenoxy) is 1. The maximum absolute atomic E-state index is 12.2. The van der Waals surface area contributed by atoms with Gasteiger partial charge in [0.05, 0.1) is 0 Å². The van der Waals surface area contributed by atoms with Gasteiger partial charge in [0.2, 0.25) is 5.89 Å². The number of anilines is 1. The summed E-state index contributed by atoms with van der Waals surface area (Å²) in [5.74, 6) is 1.23. The van der Waals surface area contributed by atoms with Gasteiger partial charge in [-0.05, 0) is 84.7 Å². The number of rotatable bonds is 7. The van der Waals surface area contributed by atoms with E-state index in [1.54, 1.807) is 12.1 Å². The summed E-state index contributed by atoms with van der Waals surface area (Å²) >= 11 is 8.64. The van der Waals surface area contributed by atoms with Gasteiger partial charge in [-0.2, -0.15) is 0 Å². The summed E-state index contributed by atoms with van der Waals surface area (Å²) in [6.45, 7) is 4.22. The fourth-order valence-corrected chi connectivity index (χ4v) is 3.84. The molecule has 0 fully saturated rings. The zero-order chi connectivity index (χ0) is 24.1. The number of nitrogens with zero attached hydrogens (tertiary/aromatic N) is 1. The van der Waals surface area contributed by atoms with Crippen LogP contribution in [-0.2, 0) is 4.79 Å². The molecule has 4 rings (SSSR count). The molecule has 2 N–H and O–H groups in total. The lowest BCUT2D eigenvalue weighted by atomic mass is 9.98. The average Bonchev–Trinajstić information content (AvgIpc) is 3.27. The van der Waals surface area contributed by atoms with Crippen LogP contribution in [0.5, 0.6) is 5.75 Å². The molecule has 6 nitrogen and oxygen atoms in total. The second-order valence-corrected chi connectivity index (χ2v) is 9.21. The molecule has 4 aromatic rings. The van der Waals surface area contributed by atoms with Gasteiger partial charge < -0.3 is 14.5 Å². The Kier molecular flexibility index (Phi) is 7.59. The Morgan fingerprint density at radius 2 is 1.94 bits per heavy atom. The Morgan fingerprint density at radius 3 is 2.71 bits per heavy atom. The number of carbonyl (C=O) groups excluding carboxylic acids is 1. The number of amides is 1. The van der Waals surface area contributed by atoms with Crippen molar-refractivity contribution in [3.8, 4) is 17.2 Å². The number of aromatic nitrogens is 1. The molecule has 0 unspecified atom stereocenters. The van der Waals surface area contributed by atoms with Gasteiger partial charge in [0.1, 0.15) is 11.3 Å². The van der Waals surface area contributed by atoms with Crippen molar-refractivity contribution in [3.63, 3.8) is 0 Å². The zero-order valence-electron chi connectivity index (χ0n) is 18.8. The van der Waals surface area contributed by atoms with Crippen molar-refractivity contribution in [3.05, 3.63) is 76.8 Å². The van der Waals surface area contributed by atoms with Gasteiger partial charge in [0.25, 0.3) is 5.91 Å². The SMILES string of the molecule is CC[C@H](C)c1ccc2oc(-c3cccc(NC(=S)NC(=O)COc4ccc(Br)cc4)c3)nc2c1. The Morgan fingerprint density at radius 1 is 1.15 bits per heavy atom. The van der Waals surface area contributed by atoms with E-state index in [2.05, 4.69) is 57.5 Å². The van der Waals surface area contributed by atoms with Gasteiger partial charge in [-0.1, -0.05) is 41.9 Å². The zero-order valence-corrected chi connectivity index (χ0v) is 21.2. The van der Waals surface area contributed by atoms with Crippen LogP contribution >= 0.6 is 28.1 Å². The monoisotopic (exact) mass is 537 g/mol. The summed E-state index contributed by atoms with van der Waals surface area (Å²) in [5.41, 5.74) is 4.34. The highest BCUT2D eigenvalue weighted by molar-refractivity contribution is 9.10. The van der Waals surface area contributed by atoms with Crippen LogP contribution in [0.4, 0.5) is 5.69 Å². The summed E-state index contributed by atoms with van der Waals surface area (Å²) in [4.78, 5) is 16.8. The summed E-state index contributed by atoms with van der Waals surface area (Å²) in [7, 11) is 0. The molecule has 0 spiro atoms. The highest BCUT2D eigenvalue weighted by Gasteiger charge is 2.12. The second kappa shape index (κ2) is 10.8. The van der Waals surface area contributed by atoms with Gasteiger partial charge in [-0.25, -0.2) is 4.98 Å². The molecule has 1 heterocycles. The van der Waals surface area contributed by atoms with Gasteiger partial charge in [-0.3, -0.25) is 10.1 Å². The highest BCUT2D eigenvalue weighted by Crippen LogP contribution is 2.29. The van der Waals surface area contributed by atoms with E-state index in [1.165, 1.54) is 5.56 Å². The standard InChI is InChI=1S/C26H24BrN3O3S/c1-3-16(2)17-7-12-23-22(14-17)29-25(33-23)18-5-4-6-20(13-18)28-26(34)30-24(31)15-32-21-10-8-19(27)9-11-21/h4-14,16H,3,15H2,1-2H3,(H2,28,30,31,34)/t16-/m0/s1. The molecule has 0 aliphatic heterocycles. The molecule has 0 bridgehead atoms. The molecule has 3 aromatic carbocycles. The van der Waals surface area contributed by atoms with E-state index in [1.807, 2.05) is 42.5 Å². The van der Waals surface area contributed by atoms with Gasteiger partial charge in [0.15, 0.2) is 17.3 Å². The van der Waals surface area contributed by atoms with Crippen LogP contribution in [0.25, 0.3) is 22.6 Å². The maximum Gasteiger partial charge on any atom is 0.264 e. The molecular formula is C26H24BrN3O3S. The third-order valence-corrected chi connectivity index (χ3v) is 6.13. The molecule has 0 radical (unpaired) electrons. The first-order chi connectivity index (χ1) is 16.4. The predicted molar refractivity (Wildman–Crippen MR) is 142 cm³/mol. The third-order valence-electron chi connectivity index (χ3n) is 5.40. The summed E-state index contributed by atoms with van der Waals surface area (Å²) < 4.78 is 12.4. The van der Waals surface area contributed by atoms with Crippen molar-refractivity contribution < 1.29 is 13.9 Å². The first kappa shape index (κ1) is 23.9. The molecule has 0 saturated heterocycles. The Bertz CT molecular complexity index is 1320. The molecule has 1 aromatic heterocycles. The van der Waals surface area contributed by atoms with Crippen molar-refractivity contribution in [2.24, 2.45) is 0 Å². The topological polar surface area (TPSA) is 76.4 Å². The number of hydrogen-bond donors (Lipinski definition) is 2. The fourth-order valence-electron chi connectivity index (χ4n) is 3.34. The van der Waals surface area contributed by atoms with Crippen LogP contribution in [0.15, 0.2) is 75.6 Å². The van der Waals surface area contributed by atoms with E-state index < -0.39 is 0 Å². The van der Waals surface area contributed by atoms with E-state index in [0.717, 1.165) is 27.6 Å². The number of nitrogens with one attached hydrogen (secondary N) is 2. The molecular weight excluding hydrogens is 514 g/mol. The van der Waals surface area contributed by atoms with E-state index >= 15 is 0 Å². The lowest BCUT2D eigenvalue weighted by Gasteiger charge is -2.11. The van der Waals surface area contributed by atoms with Crippen LogP contribution in [0.3, 0.4) is 0 Å². The molecule has 8 heteroatoms. The fraction of sp³-hybridized carbons (Fsp3) is 0.192. The van der Waals surface area contributed by atoms with Crippen LogP contribution in [0.1, 0.15) is 31.7 Å². The summed E-state index contributed by atoms with van der Waals surface area (Å²) in [5, 5.41) is 5.82. The van der Waals surface area contributed by atoms with Crippen molar-refractivity contribution >= 4 is 56.0 Å². The second-order valence-electron chi connectivity index (χ2n) is 7.88. The first-order valence-electron chi connectivity index (χ1n) is 10.9. The van der Waals surface area contributed by atoms with Crippen LogP contribution in [-0.4, -0.2) is 22.6 Å². The Labute approximate surface area is 211 Å². The molecule has 34 heavy (non-hydrogen) atoms. The van der Waals surface area contributed by atoms with Gasteiger partial charge in [0, 0.05) is 15.7 Å². The number of fused-ring (bicyclic) bond motifs is 1. The van der Waals surface area contributed by atoms with E-state index in [0.29, 0.717) is 23.2 Å². The molecule has 174 valence electrons. The van der Waals surface area contributed by atoms with Crippen molar-refractivity contribution in [2.45, 2.75) is 26.2 Å². The first-order valence-corrected chi connectivity index (χ1v) is 12.1. The van der Waals surface area contributed by atoms with Gasteiger partial charge >= 0.3 is 0 Å². The quantitative estimate of drug-likeness (QED) is 0.256. The van der Waals surface area contributed by atoms with Crippen LogP contribution in [0.2, 0.25) is 0 Å². The molecule has 1 amide bonds. The van der Waals surface area contributed by atoms with Gasteiger partial charge in [-0.15, -0.1) is 0 Å². The number of hydrogen-bond acceptors (Lipinski definition) is 5. The largest absolute Gasteiger partial charge is 0.484 e. The molecule has 1 atom stereocenters. The van der Waals surface area contributed by atoms with E-state index in [-0.39, 0.29) is 17.6 Å². The number of carbonyl (C=O) groups is 1. The number of oxazole rings is 1. The minimum absolute atomic E-state index is 0.148. The van der Waals surface area contributed by atoms with E-state index in [4.69, 9.17) is 21.4 Å². The Balaban J connectivity index is 1.38. The number of thiocarbonyl (C=S) groups is 1. The number of halogens is 1. The summed E-state index contributed by atoms with van der Waals surface area (Å²) in [6, 6.07) is 20.9. The van der Waals surface area contributed by atoms with Crippen LogP contribution in [0, 0.1) is 0 Å². The normalized spacial score (nSPS) is 11.7. The highest BCUT2D eigenvalue weighted by atomic mass is 79.9. The Hall–Kier alpha value is -3.23. The average molecular weight is 538 g/mol. The van der Waals surface area contributed by atoms with Crippen LogP contribution < -0.4 is 15.4 Å². The lowest BCUT2D eigenvalue weighted by molar-refractivity contribution is -0.121. The molecule has 0 aliphatic rings. The summed E-state index contributed by atoms with van der Waals surface area (Å²) in [6.07, 6.45) is 1.07. The molecule has 0 saturated carbocycles. The predicted octanol–water partition coefficient (Wildman–Crippen LogP) is 6.66. The maximum atomic E-state index is 12.2. The minimum Gasteiger partial charge on any atom is -0.484 e. The lowest BCUT2D eigenvalue weighted by Crippen LogP contribution is -2.37. The van der Waals surface area contributed by atoms with E-state index in [9.17, 15) is 4.79 Å². The van der Waals surface area contributed by atoms with Crippen molar-refractivity contribution in [2.75, 3.05) is 11.9 Å². The number of benzene rings is 3. The van der Waals surface area contributed by atoms with Crippen molar-refractivity contribution in [1.29, 1.82) is 0 Å². The molecule has 0 aliphatic carbocycles.